The number of aromatic nitrogens is 1. The minimum atomic E-state index is -0.529. The molecule has 1 aliphatic heterocycles. The molecule has 7 nitrogen and oxygen atoms in total. The standard InChI is InChI=1S/C12H17N3O4/c1-3-10-11(16)13-4-5-15(10)7-8-6-9(14-19-8)12(17)18-2/h6,10H,3-5,7H2,1-2H3,(H,13,16). The third-order valence-electron chi connectivity index (χ3n) is 3.14. The lowest BCUT2D eigenvalue weighted by Crippen LogP contribution is -2.54. The average Bonchev–Trinajstić information content (AvgIpc) is 2.87. The fourth-order valence-corrected chi connectivity index (χ4v) is 2.18. The molecule has 7 heteroatoms. The number of rotatable bonds is 4. The molecule has 0 aliphatic carbocycles. The van der Waals surface area contributed by atoms with E-state index in [1.54, 1.807) is 6.07 Å². The monoisotopic (exact) mass is 267 g/mol. The van der Waals surface area contributed by atoms with Gasteiger partial charge in [-0.25, -0.2) is 4.79 Å². The summed E-state index contributed by atoms with van der Waals surface area (Å²) >= 11 is 0. The Morgan fingerprint density at radius 1 is 1.68 bits per heavy atom. The largest absolute Gasteiger partial charge is 0.464 e. The van der Waals surface area contributed by atoms with Gasteiger partial charge in [0.05, 0.1) is 19.7 Å². The number of amides is 1. The van der Waals surface area contributed by atoms with Gasteiger partial charge in [-0.15, -0.1) is 0 Å². The van der Waals surface area contributed by atoms with Crippen LogP contribution in [0.3, 0.4) is 0 Å². The van der Waals surface area contributed by atoms with Gasteiger partial charge in [-0.3, -0.25) is 9.69 Å². The number of nitrogens with zero attached hydrogens (tertiary/aromatic N) is 2. The van der Waals surface area contributed by atoms with Crippen molar-refractivity contribution in [1.82, 2.24) is 15.4 Å². The smallest absolute Gasteiger partial charge is 0.360 e. The summed E-state index contributed by atoms with van der Waals surface area (Å²) in [5.74, 6) is 0.0495. The third-order valence-corrected chi connectivity index (χ3v) is 3.14. The highest BCUT2D eigenvalue weighted by Crippen LogP contribution is 2.14. The van der Waals surface area contributed by atoms with Crippen LogP contribution in [0.15, 0.2) is 10.6 Å². The molecule has 1 saturated heterocycles. The van der Waals surface area contributed by atoms with E-state index in [-0.39, 0.29) is 17.6 Å². The van der Waals surface area contributed by atoms with Gasteiger partial charge in [0.2, 0.25) is 5.91 Å². The molecule has 0 saturated carbocycles. The highest BCUT2D eigenvalue weighted by Gasteiger charge is 2.29. The number of nitrogens with one attached hydrogen (secondary N) is 1. The van der Waals surface area contributed by atoms with Crippen molar-refractivity contribution in [2.75, 3.05) is 20.2 Å². The second-order valence-electron chi connectivity index (χ2n) is 4.36. The Morgan fingerprint density at radius 3 is 3.16 bits per heavy atom. The van der Waals surface area contributed by atoms with Crippen molar-refractivity contribution in [1.29, 1.82) is 0 Å². The molecule has 104 valence electrons. The van der Waals surface area contributed by atoms with E-state index < -0.39 is 5.97 Å². The summed E-state index contributed by atoms with van der Waals surface area (Å²) in [7, 11) is 1.29. The topological polar surface area (TPSA) is 84.7 Å². The van der Waals surface area contributed by atoms with Crippen molar-refractivity contribution in [2.24, 2.45) is 0 Å². The Morgan fingerprint density at radius 2 is 2.47 bits per heavy atom. The van der Waals surface area contributed by atoms with Gasteiger partial charge in [0.15, 0.2) is 11.5 Å². The molecule has 1 atom stereocenters. The quantitative estimate of drug-likeness (QED) is 0.783. The Kier molecular flexibility index (Phi) is 4.16. The molecule has 2 rings (SSSR count). The van der Waals surface area contributed by atoms with Crippen LogP contribution in [0.25, 0.3) is 0 Å². The first-order valence-electron chi connectivity index (χ1n) is 6.21. The summed E-state index contributed by atoms with van der Waals surface area (Å²) < 4.78 is 9.65. The lowest BCUT2D eigenvalue weighted by Gasteiger charge is -2.33. The molecule has 2 heterocycles. The summed E-state index contributed by atoms with van der Waals surface area (Å²) in [6.07, 6.45) is 0.726. The molecule has 1 aromatic rings. The number of ether oxygens (including phenoxy) is 1. The molecule has 1 amide bonds. The maximum absolute atomic E-state index is 11.7. The fourth-order valence-electron chi connectivity index (χ4n) is 2.18. The number of hydrogen-bond donors (Lipinski definition) is 1. The summed E-state index contributed by atoms with van der Waals surface area (Å²) in [4.78, 5) is 25.0. The van der Waals surface area contributed by atoms with E-state index in [0.29, 0.717) is 18.8 Å². The lowest BCUT2D eigenvalue weighted by molar-refractivity contribution is -0.129. The maximum Gasteiger partial charge on any atom is 0.360 e. The summed E-state index contributed by atoms with van der Waals surface area (Å²) in [5, 5.41) is 6.48. The second kappa shape index (κ2) is 5.83. The van der Waals surface area contributed by atoms with Crippen molar-refractivity contribution >= 4 is 11.9 Å². The highest BCUT2D eigenvalue weighted by atomic mass is 16.5. The Balaban J connectivity index is 2.05. The Hall–Kier alpha value is -1.89. The number of carbonyl (C=O) groups excluding carboxylic acids is 2. The average molecular weight is 267 g/mol. The van der Waals surface area contributed by atoms with Crippen molar-refractivity contribution in [3.05, 3.63) is 17.5 Å². The van der Waals surface area contributed by atoms with E-state index in [9.17, 15) is 9.59 Å². The normalized spacial score (nSPS) is 20.1. The summed E-state index contributed by atoms with van der Waals surface area (Å²) in [6.45, 7) is 3.78. The van der Waals surface area contributed by atoms with Crippen molar-refractivity contribution < 1.29 is 18.8 Å². The molecule has 0 bridgehead atoms. The van der Waals surface area contributed by atoms with Gasteiger partial charge in [-0.1, -0.05) is 12.1 Å². The van der Waals surface area contributed by atoms with Gasteiger partial charge < -0.3 is 14.6 Å². The fraction of sp³-hybridized carbons (Fsp3) is 0.583. The van der Waals surface area contributed by atoms with E-state index in [1.165, 1.54) is 7.11 Å². The first-order chi connectivity index (χ1) is 9.15. The van der Waals surface area contributed by atoms with E-state index in [2.05, 4.69) is 15.2 Å². The van der Waals surface area contributed by atoms with Crippen LogP contribution in [0.2, 0.25) is 0 Å². The zero-order chi connectivity index (χ0) is 13.8. The predicted octanol–water partition coefficient (Wildman–Crippen LogP) is 0.172. The predicted molar refractivity (Wildman–Crippen MR) is 65.3 cm³/mol. The minimum absolute atomic E-state index is 0.0291. The van der Waals surface area contributed by atoms with Crippen molar-refractivity contribution in [3.8, 4) is 0 Å². The minimum Gasteiger partial charge on any atom is -0.464 e. The van der Waals surface area contributed by atoms with Crippen LogP contribution in [-0.2, 0) is 16.1 Å². The second-order valence-corrected chi connectivity index (χ2v) is 4.36. The van der Waals surface area contributed by atoms with E-state index in [4.69, 9.17) is 4.52 Å². The lowest BCUT2D eigenvalue weighted by atomic mass is 10.1. The number of esters is 1. The Bertz CT molecular complexity index is 471. The first kappa shape index (κ1) is 13.5. The first-order valence-corrected chi connectivity index (χ1v) is 6.21. The zero-order valence-electron chi connectivity index (χ0n) is 11.0. The molecule has 0 aromatic carbocycles. The molecule has 19 heavy (non-hydrogen) atoms. The van der Waals surface area contributed by atoms with Crippen LogP contribution in [0.5, 0.6) is 0 Å². The zero-order valence-corrected chi connectivity index (χ0v) is 11.0. The molecule has 1 unspecified atom stereocenters. The van der Waals surface area contributed by atoms with Crippen LogP contribution < -0.4 is 5.32 Å². The third kappa shape index (κ3) is 2.93. The van der Waals surface area contributed by atoms with Crippen LogP contribution in [-0.4, -0.2) is 48.2 Å². The van der Waals surface area contributed by atoms with Crippen LogP contribution in [0.1, 0.15) is 29.6 Å². The highest BCUT2D eigenvalue weighted by molar-refractivity contribution is 5.87. The molecular weight excluding hydrogens is 250 g/mol. The molecule has 1 fully saturated rings. The van der Waals surface area contributed by atoms with Crippen molar-refractivity contribution in [2.45, 2.75) is 25.9 Å². The van der Waals surface area contributed by atoms with E-state index in [0.717, 1.165) is 13.0 Å². The van der Waals surface area contributed by atoms with Gasteiger partial charge in [-0.2, -0.15) is 0 Å². The number of hydrogen-bond acceptors (Lipinski definition) is 6. The van der Waals surface area contributed by atoms with E-state index >= 15 is 0 Å². The van der Waals surface area contributed by atoms with Gasteiger partial charge in [0.1, 0.15) is 0 Å². The number of methoxy groups -OCH3 is 1. The molecule has 1 aliphatic rings. The van der Waals surface area contributed by atoms with Crippen LogP contribution >= 0.6 is 0 Å². The van der Waals surface area contributed by atoms with Crippen LogP contribution in [0, 0.1) is 0 Å². The molecule has 0 radical (unpaired) electrons. The van der Waals surface area contributed by atoms with Gasteiger partial charge in [-0.05, 0) is 6.42 Å². The molecular formula is C12H17N3O4. The van der Waals surface area contributed by atoms with Crippen LogP contribution in [0.4, 0.5) is 0 Å². The van der Waals surface area contributed by atoms with Gasteiger partial charge >= 0.3 is 5.97 Å². The molecule has 1 aromatic heterocycles. The van der Waals surface area contributed by atoms with Crippen molar-refractivity contribution in [3.63, 3.8) is 0 Å². The van der Waals surface area contributed by atoms with Gasteiger partial charge in [0.25, 0.3) is 0 Å². The SMILES string of the molecule is CCC1C(=O)NCCN1Cc1cc(C(=O)OC)no1. The maximum atomic E-state index is 11.7. The number of piperazine rings is 1. The molecule has 1 N–H and O–H groups in total. The summed E-state index contributed by atoms with van der Waals surface area (Å²) in [5.41, 5.74) is 0.145. The Labute approximate surface area is 110 Å². The van der Waals surface area contributed by atoms with E-state index in [1.807, 2.05) is 11.8 Å². The van der Waals surface area contributed by atoms with Gasteiger partial charge in [0, 0.05) is 19.2 Å². The number of carbonyl (C=O) groups is 2. The summed E-state index contributed by atoms with van der Waals surface area (Å²) in [6, 6.07) is 1.38. The molecule has 0 spiro atoms.